The molecule has 0 saturated heterocycles. The Morgan fingerprint density at radius 2 is 1.88 bits per heavy atom. The van der Waals surface area contributed by atoms with E-state index < -0.39 is 10.0 Å². The van der Waals surface area contributed by atoms with E-state index >= 15 is 0 Å². The number of benzene rings is 1. The van der Waals surface area contributed by atoms with E-state index in [1.165, 1.54) is 24.3 Å². The summed E-state index contributed by atoms with van der Waals surface area (Å²) in [7, 11) is -3.58. The first-order chi connectivity index (χ1) is 7.63. The third-order valence-electron chi connectivity index (χ3n) is 2.76. The van der Waals surface area contributed by atoms with Crippen molar-refractivity contribution in [1.82, 2.24) is 4.72 Å². The molecule has 1 aromatic carbocycles. The molecule has 1 unspecified atom stereocenters. The molecule has 0 amide bonds. The first-order valence-electron chi connectivity index (χ1n) is 5.44. The van der Waals surface area contributed by atoms with Gasteiger partial charge in [0.2, 0.25) is 10.0 Å². The smallest absolute Gasteiger partial charge is 0.240 e. The Balaban J connectivity index is 2.98. The molecule has 0 heterocycles. The Labute approximate surface area is 103 Å². The molecule has 0 aliphatic rings. The van der Waals surface area contributed by atoms with Gasteiger partial charge in [0, 0.05) is 6.04 Å². The van der Waals surface area contributed by atoms with Crippen molar-refractivity contribution in [3.05, 3.63) is 24.3 Å². The molecule has 0 aromatic heterocycles. The summed E-state index contributed by atoms with van der Waals surface area (Å²) < 4.78 is 26.6. The van der Waals surface area contributed by atoms with Crippen LogP contribution in [0.4, 0.5) is 0 Å². The predicted molar refractivity (Wildman–Crippen MR) is 67.3 cm³/mol. The Hall–Kier alpha value is -1.07. The molecule has 0 radical (unpaired) electrons. The Kier molecular flexibility index (Phi) is 3.84. The van der Waals surface area contributed by atoms with Gasteiger partial charge >= 0.3 is 0 Å². The van der Waals surface area contributed by atoms with Gasteiger partial charge in [-0.05, 0) is 30.5 Å². The first-order valence-corrected chi connectivity index (χ1v) is 6.92. The van der Waals surface area contributed by atoms with E-state index in [-0.39, 0.29) is 22.1 Å². The molecule has 0 saturated carbocycles. The summed E-state index contributed by atoms with van der Waals surface area (Å²) in [6.07, 6.45) is 0. The molecule has 4 nitrogen and oxygen atoms in total. The van der Waals surface area contributed by atoms with Crippen LogP contribution in [-0.4, -0.2) is 19.6 Å². The zero-order chi connectivity index (χ0) is 13.3. The predicted octanol–water partition coefficient (Wildman–Crippen LogP) is 2.11. The van der Waals surface area contributed by atoms with Crippen molar-refractivity contribution in [2.75, 3.05) is 0 Å². The maximum Gasteiger partial charge on any atom is 0.240 e. The van der Waals surface area contributed by atoms with Crippen molar-refractivity contribution in [3.8, 4) is 5.75 Å². The molecule has 0 aliphatic heterocycles. The second kappa shape index (κ2) is 4.66. The summed E-state index contributed by atoms with van der Waals surface area (Å²) in [5.41, 5.74) is -0.163. The van der Waals surface area contributed by atoms with Crippen molar-refractivity contribution in [2.24, 2.45) is 5.41 Å². The minimum Gasteiger partial charge on any atom is -0.508 e. The largest absolute Gasteiger partial charge is 0.508 e. The average molecular weight is 257 g/mol. The fourth-order valence-electron chi connectivity index (χ4n) is 1.13. The van der Waals surface area contributed by atoms with Gasteiger partial charge in [-0.2, -0.15) is 0 Å². The van der Waals surface area contributed by atoms with Gasteiger partial charge in [0.05, 0.1) is 4.90 Å². The van der Waals surface area contributed by atoms with E-state index in [0.717, 1.165) is 0 Å². The van der Waals surface area contributed by atoms with Gasteiger partial charge in [-0.25, -0.2) is 13.1 Å². The topological polar surface area (TPSA) is 66.4 Å². The third kappa shape index (κ3) is 3.71. The van der Waals surface area contributed by atoms with Crippen LogP contribution in [0.2, 0.25) is 0 Å². The molecule has 2 N–H and O–H groups in total. The summed E-state index contributed by atoms with van der Waals surface area (Å²) in [6.45, 7) is 7.70. The van der Waals surface area contributed by atoms with E-state index in [4.69, 9.17) is 0 Å². The molecule has 96 valence electrons. The highest BCUT2D eigenvalue weighted by atomic mass is 32.2. The molecule has 0 aliphatic carbocycles. The molecule has 17 heavy (non-hydrogen) atoms. The van der Waals surface area contributed by atoms with Crippen LogP contribution < -0.4 is 4.72 Å². The lowest BCUT2D eigenvalue weighted by atomic mass is 9.89. The van der Waals surface area contributed by atoms with Crippen molar-refractivity contribution >= 4 is 10.0 Å². The Morgan fingerprint density at radius 3 is 2.35 bits per heavy atom. The monoisotopic (exact) mass is 257 g/mol. The lowest BCUT2D eigenvalue weighted by molar-refractivity contribution is 0.317. The lowest BCUT2D eigenvalue weighted by Gasteiger charge is -2.27. The molecular formula is C12H19NO3S. The molecule has 0 bridgehead atoms. The summed E-state index contributed by atoms with van der Waals surface area (Å²) in [5, 5.41) is 9.28. The van der Waals surface area contributed by atoms with Crippen molar-refractivity contribution in [1.29, 1.82) is 0 Å². The van der Waals surface area contributed by atoms with Crippen LogP contribution in [-0.2, 0) is 10.0 Å². The molecule has 1 atom stereocenters. The number of sulfonamides is 1. The fourth-order valence-corrected chi connectivity index (χ4v) is 2.62. The zero-order valence-corrected chi connectivity index (χ0v) is 11.4. The van der Waals surface area contributed by atoms with Crippen LogP contribution in [0.15, 0.2) is 29.2 Å². The van der Waals surface area contributed by atoms with Crippen LogP contribution in [0.3, 0.4) is 0 Å². The van der Waals surface area contributed by atoms with Gasteiger partial charge in [-0.3, -0.25) is 0 Å². The normalized spacial score (nSPS) is 14.6. The molecule has 0 spiro atoms. The average Bonchev–Trinajstić information content (AvgIpc) is 2.15. The van der Waals surface area contributed by atoms with Crippen LogP contribution in [0.5, 0.6) is 5.75 Å². The van der Waals surface area contributed by atoms with Crippen molar-refractivity contribution < 1.29 is 13.5 Å². The lowest BCUT2D eigenvalue weighted by Crippen LogP contribution is -2.41. The van der Waals surface area contributed by atoms with Crippen LogP contribution in [0.25, 0.3) is 0 Å². The highest BCUT2D eigenvalue weighted by molar-refractivity contribution is 7.89. The number of rotatable bonds is 3. The van der Waals surface area contributed by atoms with E-state index in [2.05, 4.69) is 4.72 Å². The quantitative estimate of drug-likeness (QED) is 0.871. The molecule has 0 fully saturated rings. The number of hydrogen-bond acceptors (Lipinski definition) is 3. The molecule has 1 aromatic rings. The number of nitrogens with one attached hydrogen (secondary N) is 1. The number of aromatic hydroxyl groups is 1. The maximum absolute atomic E-state index is 12.0. The van der Waals surface area contributed by atoms with E-state index in [9.17, 15) is 13.5 Å². The maximum atomic E-state index is 12.0. The van der Waals surface area contributed by atoms with Gasteiger partial charge < -0.3 is 5.11 Å². The molecule has 1 rings (SSSR count). The summed E-state index contributed by atoms with van der Waals surface area (Å²) >= 11 is 0. The Morgan fingerprint density at radius 1 is 1.29 bits per heavy atom. The second-order valence-corrected chi connectivity index (χ2v) is 6.92. The Bertz CT molecular complexity index is 489. The van der Waals surface area contributed by atoms with Crippen molar-refractivity contribution in [3.63, 3.8) is 0 Å². The highest BCUT2D eigenvalue weighted by Crippen LogP contribution is 2.22. The van der Waals surface area contributed by atoms with Gasteiger partial charge in [0.1, 0.15) is 5.75 Å². The minimum atomic E-state index is -3.58. The van der Waals surface area contributed by atoms with Crippen LogP contribution in [0.1, 0.15) is 27.7 Å². The number of phenols is 1. The first kappa shape index (κ1) is 14.0. The van der Waals surface area contributed by atoms with Gasteiger partial charge in [-0.15, -0.1) is 0 Å². The highest BCUT2D eigenvalue weighted by Gasteiger charge is 2.25. The van der Waals surface area contributed by atoms with E-state index in [0.29, 0.717) is 0 Å². The van der Waals surface area contributed by atoms with E-state index in [1.54, 1.807) is 0 Å². The van der Waals surface area contributed by atoms with E-state index in [1.807, 2.05) is 27.7 Å². The molecule has 5 heteroatoms. The standard InChI is InChI=1S/C12H19NO3S/c1-9(12(2,3)4)13-17(15,16)11-7-5-6-10(14)8-11/h5-9,13-14H,1-4H3. The third-order valence-corrected chi connectivity index (χ3v) is 4.30. The second-order valence-electron chi connectivity index (χ2n) is 5.21. The number of phenolic OH excluding ortho intramolecular Hbond substituents is 1. The van der Waals surface area contributed by atoms with Crippen molar-refractivity contribution in [2.45, 2.75) is 38.6 Å². The number of hydrogen-bond donors (Lipinski definition) is 2. The van der Waals surface area contributed by atoms with Gasteiger partial charge in [0.25, 0.3) is 0 Å². The van der Waals surface area contributed by atoms with Gasteiger partial charge in [0.15, 0.2) is 0 Å². The van der Waals surface area contributed by atoms with Gasteiger partial charge in [-0.1, -0.05) is 26.8 Å². The zero-order valence-electron chi connectivity index (χ0n) is 10.6. The fraction of sp³-hybridized carbons (Fsp3) is 0.500. The summed E-state index contributed by atoms with van der Waals surface area (Å²) in [6, 6.07) is 5.43. The summed E-state index contributed by atoms with van der Waals surface area (Å²) in [4.78, 5) is 0.0774. The van der Waals surface area contributed by atoms with Crippen LogP contribution >= 0.6 is 0 Å². The molecular weight excluding hydrogens is 238 g/mol. The summed E-state index contributed by atoms with van der Waals surface area (Å²) in [5.74, 6) is -0.0590. The minimum absolute atomic E-state index is 0.0590. The SMILES string of the molecule is CC(NS(=O)(=O)c1cccc(O)c1)C(C)(C)C. The van der Waals surface area contributed by atoms with Crippen LogP contribution in [0, 0.1) is 5.41 Å².